The predicted molar refractivity (Wildman–Crippen MR) is 78.3 cm³/mol. The second-order valence-electron chi connectivity index (χ2n) is 6.64. The van der Waals surface area contributed by atoms with Gasteiger partial charge < -0.3 is 5.73 Å². The third kappa shape index (κ3) is 2.61. The minimum Gasteiger partial charge on any atom is -0.321 e. The van der Waals surface area contributed by atoms with Crippen LogP contribution in [0, 0.1) is 11.3 Å². The van der Waals surface area contributed by atoms with Gasteiger partial charge in [-0.1, -0.05) is 57.5 Å². The van der Waals surface area contributed by atoms with Crippen LogP contribution in [0.25, 0.3) is 0 Å². The molecule has 1 saturated carbocycles. The van der Waals surface area contributed by atoms with Crippen LogP contribution in [0.3, 0.4) is 0 Å². The molecule has 1 aromatic carbocycles. The molecule has 0 aromatic heterocycles. The molecule has 0 amide bonds. The molecule has 1 fully saturated rings. The highest BCUT2D eigenvalue weighted by atomic mass is 14.7. The Balaban J connectivity index is 2.06. The summed E-state index contributed by atoms with van der Waals surface area (Å²) in [7, 11) is 0. The molecule has 0 atom stereocenters. The van der Waals surface area contributed by atoms with Crippen molar-refractivity contribution in [1.82, 2.24) is 0 Å². The third-order valence-electron chi connectivity index (χ3n) is 5.24. The van der Waals surface area contributed by atoms with Gasteiger partial charge in [-0.05, 0) is 42.6 Å². The van der Waals surface area contributed by atoms with Gasteiger partial charge in [0.1, 0.15) is 0 Å². The van der Waals surface area contributed by atoms with Gasteiger partial charge in [0.15, 0.2) is 0 Å². The number of benzene rings is 1. The van der Waals surface area contributed by atoms with E-state index in [1.165, 1.54) is 24.8 Å². The summed E-state index contributed by atoms with van der Waals surface area (Å²) in [5.41, 5.74) is 8.33. The van der Waals surface area contributed by atoms with E-state index in [0.29, 0.717) is 5.41 Å². The number of hydrogen-bond donors (Lipinski definition) is 1. The smallest absolute Gasteiger partial charge is 0.0409 e. The molecule has 0 aliphatic heterocycles. The molecule has 2 rings (SSSR count). The first kappa shape index (κ1) is 13.6. The van der Waals surface area contributed by atoms with E-state index >= 15 is 0 Å². The van der Waals surface area contributed by atoms with Gasteiger partial charge >= 0.3 is 0 Å². The van der Waals surface area contributed by atoms with Gasteiger partial charge in [-0.15, -0.1) is 0 Å². The summed E-state index contributed by atoms with van der Waals surface area (Å²) in [6, 6.07) is 10.6. The Bertz CT molecular complexity index is 372. The Morgan fingerprint density at radius 1 is 1.17 bits per heavy atom. The molecular formula is C17H27N. The van der Waals surface area contributed by atoms with Crippen molar-refractivity contribution in [2.24, 2.45) is 17.1 Å². The van der Waals surface area contributed by atoms with Gasteiger partial charge in [-0.25, -0.2) is 0 Å². The van der Waals surface area contributed by atoms with Crippen molar-refractivity contribution in [1.29, 1.82) is 0 Å². The zero-order chi connectivity index (χ0) is 13.2. The highest BCUT2D eigenvalue weighted by Gasteiger charge is 2.38. The number of nitrogens with two attached hydrogens (primary N) is 1. The van der Waals surface area contributed by atoms with Crippen molar-refractivity contribution >= 4 is 0 Å². The summed E-state index contributed by atoms with van der Waals surface area (Å²) < 4.78 is 0. The average molecular weight is 245 g/mol. The molecule has 0 radical (unpaired) electrons. The van der Waals surface area contributed by atoms with Crippen LogP contribution in [0.4, 0.5) is 0 Å². The van der Waals surface area contributed by atoms with Crippen LogP contribution in [0.2, 0.25) is 0 Å². The fourth-order valence-corrected chi connectivity index (χ4v) is 3.26. The van der Waals surface area contributed by atoms with Crippen LogP contribution in [0.1, 0.15) is 58.4 Å². The van der Waals surface area contributed by atoms with Crippen LogP contribution in [-0.4, -0.2) is 0 Å². The van der Waals surface area contributed by atoms with Crippen LogP contribution in [0.15, 0.2) is 30.3 Å². The maximum Gasteiger partial charge on any atom is 0.0409 e. The first-order valence-corrected chi connectivity index (χ1v) is 7.32. The standard InChI is InChI=1S/C17H27N/c1-4-16(2,3)14-10-12-17(18,13-11-14)15-8-6-5-7-9-15/h5-9,14H,4,10-13,18H2,1-3H3. The van der Waals surface area contributed by atoms with Crippen molar-refractivity contribution < 1.29 is 0 Å². The molecule has 0 heterocycles. The molecule has 0 unspecified atom stereocenters. The van der Waals surface area contributed by atoms with Gasteiger partial charge in [0.2, 0.25) is 0 Å². The van der Waals surface area contributed by atoms with Crippen molar-refractivity contribution in [2.75, 3.05) is 0 Å². The lowest BCUT2D eigenvalue weighted by Gasteiger charge is -2.43. The largest absolute Gasteiger partial charge is 0.321 e. The predicted octanol–water partition coefficient (Wildman–Crippen LogP) is 4.47. The number of hydrogen-bond acceptors (Lipinski definition) is 1. The van der Waals surface area contributed by atoms with E-state index < -0.39 is 0 Å². The van der Waals surface area contributed by atoms with Gasteiger partial charge in [0.05, 0.1) is 0 Å². The van der Waals surface area contributed by atoms with E-state index in [1.807, 2.05) is 0 Å². The normalized spacial score (nSPS) is 29.2. The summed E-state index contributed by atoms with van der Waals surface area (Å²) in [4.78, 5) is 0. The molecule has 0 spiro atoms. The van der Waals surface area contributed by atoms with E-state index in [9.17, 15) is 0 Å². The second-order valence-corrected chi connectivity index (χ2v) is 6.64. The topological polar surface area (TPSA) is 26.0 Å². The zero-order valence-electron chi connectivity index (χ0n) is 12.1. The Kier molecular flexibility index (Phi) is 3.82. The molecular weight excluding hydrogens is 218 g/mol. The maximum absolute atomic E-state index is 6.63. The molecule has 18 heavy (non-hydrogen) atoms. The van der Waals surface area contributed by atoms with Gasteiger partial charge in [0, 0.05) is 5.54 Å². The average Bonchev–Trinajstić information content (AvgIpc) is 2.40. The fraction of sp³-hybridized carbons (Fsp3) is 0.647. The summed E-state index contributed by atoms with van der Waals surface area (Å²) in [5, 5.41) is 0. The van der Waals surface area contributed by atoms with Crippen LogP contribution in [0.5, 0.6) is 0 Å². The zero-order valence-corrected chi connectivity index (χ0v) is 12.1. The third-order valence-corrected chi connectivity index (χ3v) is 5.24. The SMILES string of the molecule is CCC(C)(C)C1CCC(N)(c2ccccc2)CC1. The first-order chi connectivity index (χ1) is 8.48. The molecule has 100 valence electrons. The first-order valence-electron chi connectivity index (χ1n) is 7.32. The molecule has 1 aromatic rings. The molecule has 1 aliphatic rings. The quantitative estimate of drug-likeness (QED) is 0.835. The van der Waals surface area contributed by atoms with E-state index in [2.05, 4.69) is 51.1 Å². The maximum atomic E-state index is 6.63. The molecule has 2 N–H and O–H groups in total. The summed E-state index contributed by atoms with van der Waals surface area (Å²) >= 11 is 0. The molecule has 0 saturated heterocycles. The lowest BCUT2D eigenvalue weighted by molar-refractivity contribution is 0.115. The Labute approximate surface area is 112 Å². The minimum absolute atomic E-state index is 0.0818. The minimum atomic E-state index is -0.0818. The van der Waals surface area contributed by atoms with E-state index in [4.69, 9.17) is 5.73 Å². The molecule has 1 aliphatic carbocycles. The Morgan fingerprint density at radius 2 is 1.72 bits per heavy atom. The van der Waals surface area contributed by atoms with E-state index in [-0.39, 0.29) is 5.54 Å². The van der Waals surface area contributed by atoms with Crippen molar-refractivity contribution in [3.63, 3.8) is 0 Å². The van der Waals surface area contributed by atoms with E-state index in [1.54, 1.807) is 0 Å². The number of rotatable bonds is 3. The van der Waals surface area contributed by atoms with Crippen molar-refractivity contribution in [3.05, 3.63) is 35.9 Å². The van der Waals surface area contributed by atoms with Crippen LogP contribution in [-0.2, 0) is 5.54 Å². The van der Waals surface area contributed by atoms with Crippen molar-refractivity contribution in [2.45, 2.75) is 58.4 Å². The molecule has 1 heteroatoms. The Hall–Kier alpha value is -0.820. The molecule has 0 bridgehead atoms. The lowest BCUT2D eigenvalue weighted by Crippen LogP contribution is -2.42. The summed E-state index contributed by atoms with van der Waals surface area (Å²) in [6.45, 7) is 7.12. The van der Waals surface area contributed by atoms with Crippen LogP contribution < -0.4 is 5.73 Å². The summed E-state index contributed by atoms with van der Waals surface area (Å²) in [6.07, 6.45) is 6.06. The Morgan fingerprint density at radius 3 is 2.22 bits per heavy atom. The highest BCUT2D eigenvalue weighted by Crippen LogP contribution is 2.45. The summed E-state index contributed by atoms with van der Waals surface area (Å²) in [5.74, 6) is 0.836. The fourth-order valence-electron chi connectivity index (χ4n) is 3.26. The van der Waals surface area contributed by atoms with Gasteiger partial charge in [-0.2, -0.15) is 0 Å². The van der Waals surface area contributed by atoms with Gasteiger partial charge in [0.25, 0.3) is 0 Å². The second kappa shape index (κ2) is 5.05. The van der Waals surface area contributed by atoms with Gasteiger partial charge in [-0.3, -0.25) is 0 Å². The molecule has 1 nitrogen and oxygen atoms in total. The lowest BCUT2D eigenvalue weighted by atomic mass is 9.64. The van der Waals surface area contributed by atoms with Crippen LogP contribution >= 0.6 is 0 Å². The monoisotopic (exact) mass is 245 g/mol. The highest BCUT2D eigenvalue weighted by molar-refractivity contribution is 5.24. The van der Waals surface area contributed by atoms with Crippen molar-refractivity contribution in [3.8, 4) is 0 Å². The van der Waals surface area contributed by atoms with E-state index in [0.717, 1.165) is 18.8 Å².